The molecular weight excluding hydrogens is 320 g/mol. The maximum Gasteiger partial charge on any atom is 0.411 e. The van der Waals surface area contributed by atoms with Crippen molar-refractivity contribution >= 4 is 12.1 Å². The Morgan fingerprint density at radius 1 is 1.20 bits per heavy atom. The first-order chi connectivity index (χ1) is 11.7. The van der Waals surface area contributed by atoms with Crippen molar-refractivity contribution in [3.8, 4) is 0 Å². The van der Waals surface area contributed by atoms with E-state index in [0.717, 1.165) is 5.56 Å². The molecule has 25 heavy (non-hydrogen) atoms. The molecule has 0 aromatic heterocycles. The van der Waals surface area contributed by atoms with Gasteiger partial charge in [0.1, 0.15) is 18.2 Å². The van der Waals surface area contributed by atoms with E-state index in [1.165, 1.54) is 4.90 Å². The van der Waals surface area contributed by atoms with Crippen molar-refractivity contribution < 1.29 is 19.1 Å². The maximum atomic E-state index is 12.6. The third-order valence-corrected chi connectivity index (χ3v) is 4.13. The summed E-state index contributed by atoms with van der Waals surface area (Å²) < 4.78 is 10.9. The van der Waals surface area contributed by atoms with Crippen molar-refractivity contribution in [2.45, 2.75) is 51.5 Å². The summed E-state index contributed by atoms with van der Waals surface area (Å²) in [6.45, 7) is 6.09. The number of nitrogens with zero attached hydrogens (tertiary/aromatic N) is 2. The SMILES string of the molecule is CN(C)[C@@H]1C[C@H](C(=O)OCc2ccccc2)N(C(=O)OC(C)(C)C)C1. The number of benzene rings is 1. The summed E-state index contributed by atoms with van der Waals surface area (Å²) in [6, 6.07) is 8.98. The molecule has 1 amide bonds. The molecule has 1 aliphatic rings. The summed E-state index contributed by atoms with van der Waals surface area (Å²) in [6.07, 6.45) is 0.0679. The molecule has 6 heteroatoms. The Hall–Kier alpha value is -2.08. The molecule has 1 aromatic carbocycles. The molecule has 0 saturated carbocycles. The average molecular weight is 348 g/mol. The van der Waals surface area contributed by atoms with Gasteiger partial charge in [0, 0.05) is 12.6 Å². The van der Waals surface area contributed by atoms with Gasteiger partial charge in [-0.2, -0.15) is 0 Å². The molecule has 0 spiro atoms. The monoisotopic (exact) mass is 348 g/mol. The third-order valence-electron chi connectivity index (χ3n) is 4.13. The second kappa shape index (κ2) is 7.87. The second-order valence-corrected chi connectivity index (χ2v) is 7.59. The first kappa shape index (κ1) is 19.2. The van der Waals surface area contributed by atoms with Crippen LogP contribution in [0, 0.1) is 0 Å². The van der Waals surface area contributed by atoms with Crippen molar-refractivity contribution in [2.75, 3.05) is 20.6 Å². The predicted molar refractivity (Wildman–Crippen MR) is 95.1 cm³/mol. The van der Waals surface area contributed by atoms with Crippen LogP contribution in [0.1, 0.15) is 32.8 Å². The minimum absolute atomic E-state index is 0.0989. The summed E-state index contributed by atoms with van der Waals surface area (Å²) in [4.78, 5) is 28.6. The van der Waals surface area contributed by atoms with Gasteiger partial charge >= 0.3 is 12.1 Å². The van der Waals surface area contributed by atoms with Crippen molar-refractivity contribution in [3.05, 3.63) is 35.9 Å². The molecule has 0 unspecified atom stereocenters. The largest absolute Gasteiger partial charge is 0.459 e. The Morgan fingerprint density at radius 2 is 1.84 bits per heavy atom. The van der Waals surface area contributed by atoms with Crippen LogP contribution in [-0.2, 0) is 20.9 Å². The van der Waals surface area contributed by atoms with Gasteiger partial charge in [0.15, 0.2) is 0 Å². The van der Waals surface area contributed by atoms with Gasteiger partial charge in [-0.25, -0.2) is 9.59 Å². The van der Waals surface area contributed by atoms with Crippen LogP contribution in [0.25, 0.3) is 0 Å². The quantitative estimate of drug-likeness (QED) is 0.783. The molecule has 0 N–H and O–H groups in total. The van der Waals surface area contributed by atoms with E-state index in [4.69, 9.17) is 9.47 Å². The minimum Gasteiger partial charge on any atom is -0.459 e. The number of esters is 1. The van der Waals surface area contributed by atoms with E-state index < -0.39 is 17.7 Å². The van der Waals surface area contributed by atoms with E-state index >= 15 is 0 Å². The molecule has 0 bridgehead atoms. The Bertz CT molecular complexity index is 595. The van der Waals surface area contributed by atoms with Gasteiger partial charge in [-0.1, -0.05) is 30.3 Å². The van der Waals surface area contributed by atoms with E-state index in [0.29, 0.717) is 13.0 Å². The van der Waals surface area contributed by atoms with E-state index in [1.807, 2.05) is 70.1 Å². The lowest BCUT2D eigenvalue weighted by Crippen LogP contribution is -2.44. The Kier molecular flexibility index (Phi) is 6.06. The minimum atomic E-state index is -0.619. The molecule has 0 aliphatic carbocycles. The standard InChI is InChI=1S/C19H28N2O4/c1-19(2,3)25-18(23)21-12-15(20(4)5)11-16(21)17(22)24-13-14-9-7-6-8-10-14/h6-10,15-16H,11-13H2,1-5H3/t15-,16-/m1/s1. The highest BCUT2D eigenvalue weighted by atomic mass is 16.6. The average Bonchev–Trinajstić information content (AvgIpc) is 2.98. The van der Waals surface area contributed by atoms with Crippen molar-refractivity contribution in [1.82, 2.24) is 9.80 Å². The van der Waals surface area contributed by atoms with E-state index in [1.54, 1.807) is 0 Å². The van der Waals surface area contributed by atoms with Crippen LogP contribution in [0.2, 0.25) is 0 Å². The predicted octanol–water partition coefficient (Wildman–Crippen LogP) is 2.67. The molecule has 1 heterocycles. The number of hydrogen-bond acceptors (Lipinski definition) is 5. The zero-order valence-electron chi connectivity index (χ0n) is 15.7. The van der Waals surface area contributed by atoms with Crippen molar-refractivity contribution in [3.63, 3.8) is 0 Å². The van der Waals surface area contributed by atoms with Crippen LogP contribution in [-0.4, -0.2) is 60.2 Å². The first-order valence-electron chi connectivity index (χ1n) is 8.54. The van der Waals surface area contributed by atoms with Gasteiger partial charge in [-0.05, 0) is 46.9 Å². The fourth-order valence-corrected chi connectivity index (χ4v) is 2.76. The fourth-order valence-electron chi connectivity index (χ4n) is 2.76. The van der Waals surface area contributed by atoms with Crippen molar-refractivity contribution in [2.24, 2.45) is 0 Å². The highest BCUT2D eigenvalue weighted by molar-refractivity contribution is 5.82. The molecule has 138 valence electrons. The lowest BCUT2D eigenvalue weighted by molar-refractivity contribution is -0.150. The van der Waals surface area contributed by atoms with E-state index in [-0.39, 0.29) is 18.6 Å². The normalized spacial score (nSPS) is 20.6. The van der Waals surface area contributed by atoms with Gasteiger partial charge < -0.3 is 14.4 Å². The highest BCUT2D eigenvalue weighted by Crippen LogP contribution is 2.25. The molecule has 0 radical (unpaired) electrons. The Balaban J connectivity index is 2.05. The van der Waals surface area contributed by atoms with Gasteiger partial charge in [-0.15, -0.1) is 0 Å². The molecule has 1 aliphatic heterocycles. The Morgan fingerprint density at radius 3 is 2.40 bits per heavy atom. The third kappa shape index (κ3) is 5.46. The molecule has 1 fully saturated rings. The van der Waals surface area contributed by atoms with Crippen LogP contribution < -0.4 is 0 Å². The number of rotatable bonds is 4. The molecule has 2 rings (SSSR count). The molecule has 1 aromatic rings. The van der Waals surface area contributed by atoms with Crippen molar-refractivity contribution in [1.29, 1.82) is 0 Å². The fraction of sp³-hybridized carbons (Fsp3) is 0.579. The lowest BCUT2D eigenvalue weighted by atomic mass is 10.1. The molecule has 6 nitrogen and oxygen atoms in total. The second-order valence-electron chi connectivity index (χ2n) is 7.59. The topological polar surface area (TPSA) is 59.1 Å². The summed E-state index contributed by atoms with van der Waals surface area (Å²) in [7, 11) is 3.88. The van der Waals surface area contributed by atoms with Crippen LogP contribution in [0.3, 0.4) is 0 Å². The lowest BCUT2D eigenvalue weighted by Gasteiger charge is -2.27. The summed E-state index contributed by atoms with van der Waals surface area (Å²) in [5.41, 5.74) is 0.313. The molecule has 1 saturated heterocycles. The van der Waals surface area contributed by atoms with E-state index in [2.05, 4.69) is 0 Å². The zero-order valence-corrected chi connectivity index (χ0v) is 15.7. The first-order valence-corrected chi connectivity index (χ1v) is 8.54. The highest BCUT2D eigenvalue weighted by Gasteiger charge is 2.43. The van der Waals surface area contributed by atoms with Gasteiger partial charge in [0.25, 0.3) is 0 Å². The number of hydrogen-bond donors (Lipinski definition) is 0. The van der Waals surface area contributed by atoms with E-state index in [9.17, 15) is 9.59 Å². The number of ether oxygens (including phenoxy) is 2. The summed E-state index contributed by atoms with van der Waals surface area (Å²) in [5.74, 6) is -0.390. The van der Waals surface area contributed by atoms with Gasteiger partial charge in [0.2, 0.25) is 0 Å². The summed E-state index contributed by atoms with van der Waals surface area (Å²) in [5, 5.41) is 0. The van der Waals surface area contributed by atoms with Crippen LogP contribution in [0.4, 0.5) is 4.79 Å². The van der Waals surface area contributed by atoms with Gasteiger partial charge in [-0.3, -0.25) is 4.90 Å². The molecular formula is C19H28N2O4. The van der Waals surface area contributed by atoms with Crippen LogP contribution in [0.5, 0.6) is 0 Å². The van der Waals surface area contributed by atoms with Crippen LogP contribution >= 0.6 is 0 Å². The number of likely N-dealkylation sites (N-methyl/N-ethyl adjacent to an activating group) is 1. The van der Waals surface area contributed by atoms with Crippen LogP contribution in [0.15, 0.2) is 30.3 Å². The van der Waals surface area contributed by atoms with Gasteiger partial charge in [0.05, 0.1) is 0 Å². The zero-order chi connectivity index (χ0) is 18.6. The Labute approximate surface area is 149 Å². The maximum absolute atomic E-state index is 12.6. The number of likely N-dealkylation sites (tertiary alicyclic amines) is 1. The molecule has 2 atom stereocenters. The summed E-state index contributed by atoms with van der Waals surface area (Å²) >= 11 is 0. The number of carbonyl (C=O) groups excluding carboxylic acids is 2. The smallest absolute Gasteiger partial charge is 0.411 e. The number of carbonyl (C=O) groups is 2. The number of amides is 1.